The molecule has 0 atom stereocenters. The molecule has 0 N–H and O–H groups in total. The highest BCUT2D eigenvalue weighted by Gasteiger charge is 2.15. The third kappa shape index (κ3) is 2.40. The lowest BCUT2D eigenvalue weighted by Crippen LogP contribution is -1.70. The molecule has 0 aliphatic carbocycles. The average Bonchev–Trinajstić information content (AvgIpc) is 3.27. The summed E-state index contributed by atoms with van der Waals surface area (Å²) in [6, 6.07) is 24.3. The molecule has 4 aromatic rings. The Labute approximate surface area is 133 Å². The van der Waals surface area contributed by atoms with Crippen molar-refractivity contribution in [2.75, 3.05) is 0 Å². The zero-order valence-electron chi connectivity index (χ0n) is 11.3. The number of hydrogen-bond donors (Lipinski definition) is 0. The molecule has 0 nitrogen and oxygen atoms in total. The Balaban J connectivity index is 1.98. The number of hydrogen-bond acceptors (Lipinski definition) is 2. The van der Waals surface area contributed by atoms with Gasteiger partial charge in [-0.2, -0.15) is 0 Å². The molecule has 0 saturated heterocycles. The minimum Gasteiger partial charge on any atom is -0.143 e. The summed E-state index contributed by atoms with van der Waals surface area (Å²) >= 11 is 3.67. The molecule has 0 bridgehead atoms. The van der Waals surface area contributed by atoms with Crippen LogP contribution in [0.15, 0.2) is 77.5 Å². The predicted octanol–water partition coefficient (Wildman–Crippen LogP) is 7.12. The van der Waals surface area contributed by atoms with E-state index in [0.29, 0.717) is 0 Å². The first kappa shape index (κ1) is 13.1. The second-order valence-electron chi connectivity index (χ2n) is 4.73. The van der Waals surface area contributed by atoms with E-state index in [-0.39, 0.29) is 0 Å². The van der Waals surface area contributed by atoms with Gasteiger partial charge in [-0.3, -0.25) is 0 Å². The highest BCUT2D eigenvalue weighted by atomic mass is 32.1. The van der Waals surface area contributed by atoms with Crippen molar-refractivity contribution in [2.24, 2.45) is 0 Å². The average molecular weight is 324 g/mol. The standard InChI is InChI=1S/C18H13PS2/c1-2-6-14(7-3-1)19-15(17-8-4-12-20-17)10-11-16(19)18-9-5-13-21-18/h1-13H. The Morgan fingerprint density at radius 2 is 1.14 bits per heavy atom. The van der Waals surface area contributed by atoms with Crippen LogP contribution >= 0.6 is 30.2 Å². The Hall–Kier alpha value is -1.60. The molecule has 4 rings (SSSR count). The molecule has 0 amide bonds. The molecule has 0 radical (unpaired) electrons. The quantitative estimate of drug-likeness (QED) is 0.376. The Morgan fingerprint density at radius 1 is 0.571 bits per heavy atom. The monoisotopic (exact) mass is 324 g/mol. The van der Waals surface area contributed by atoms with Gasteiger partial charge in [0, 0.05) is 20.3 Å². The molecule has 0 saturated carbocycles. The molecule has 0 unspecified atom stereocenters. The Kier molecular flexibility index (Phi) is 3.52. The molecule has 21 heavy (non-hydrogen) atoms. The number of benzene rings is 1. The maximum atomic E-state index is 2.32. The van der Waals surface area contributed by atoms with Crippen molar-refractivity contribution in [1.29, 1.82) is 0 Å². The van der Waals surface area contributed by atoms with Gasteiger partial charge in [0.25, 0.3) is 0 Å². The van der Waals surface area contributed by atoms with Gasteiger partial charge in [0.05, 0.1) is 0 Å². The van der Waals surface area contributed by atoms with E-state index < -0.39 is 7.53 Å². The summed E-state index contributed by atoms with van der Waals surface area (Å²) in [6.07, 6.45) is 0. The van der Waals surface area contributed by atoms with Gasteiger partial charge in [-0.05, 0) is 40.3 Å². The normalized spacial score (nSPS) is 10.9. The lowest BCUT2D eigenvalue weighted by atomic mass is 10.3. The summed E-state index contributed by atoms with van der Waals surface area (Å²) in [5.74, 6) is 0. The third-order valence-electron chi connectivity index (χ3n) is 3.44. The predicted molar refractivity (Wildman–Crippen MR) is 97.1 cm³/mol. The molecule has 3 heteroatoms. The van der Waals surface area contributed by atoms with E-state index in [2.05, 4.69) is 77.5 Å². The highest BCUT2D eigenvalue weighted by molar-refractivity contribution is 7.64. The lowest BCUT2D eigenvalue weighted by Gasteiger charge is -2.08. The minimum absolute atomic E-state index is 0.425. The molecule has 0 aliphatic heterocycles. The molecule has 102 valence electrons. The second kappa shape index (κ2) is 5.65. The summed E-state index contributed by atoms with van der Waals surface area (Å²) in [6.45, 7) is 0. The summed E-state index contributed by atoms with van der Waals surface area (Å²) in [7, 11) is -0.425. The van der Waals surface area contributed by atoms with Crippen LogP contribution in [0.4, 0.5) is 0 Å². The lowest BCUT2D eigenvalue weighted by molar-refractivity contribution is 1.76. The second-order valence-corrected chi connectivity index (χ2v) is 8.78. The smallest absolute Gasteiger partial charge is 0.0385 e. The maximum Gasteiger partial charge on any atom is 0.0385 e. The molecule has 0 aliphatic rings. The molecule has 3 aromatic heterocycles. The fraction of sp³-hybridized carbons (Fsp3) is 0. The van der Waals surface area contributed by atoms with Crippen molar-refractivity contribution in [3.05, 3.63) is 77.5 Å². The van der Waals surface area contributed by atoms with Crippen LogP contribution in [0.1, 0.15) is 0 Å². The molecule has 0 fully saturated rings. The van der Waals surface area contributed by atoms with Crippen molar-refractivity contribution < 1.29 is 0 Å². The largest absolute Gasteiger partial charge is 0.143 e. The van der Waals surface area contributed by atoms with E-state index in [0.717, 1.165) is 0 Å². The summed E-state index contributed by atoms with van der Waals surface area (Å²) < 4.78 is 0. The summed E-state index contributed by atoms with van der Waals surface area (Å²) in [4.78, 5) is 2.79. The Bertz CT molecular complexity index is 773. The van der Waals surface area contributed by atoms with Gasteiger partial charge in [0.2, 0.25) is 0 Å². The fourth-order valence-corrected chi connectivity index (χ4v) is 7.01. The van der Waals surface area contributed by atoms with Crippen LogP contribution in [0, 0.1) is 0 Å². The van der Waals surface area contributed by atoms with E-state index in [9.17, 15) is 0 Å². The number of rotatable bonds is 3. The summed E-state index contributed by atoms with van der Waals surface area (Å²) in [5, 5.41) is 8.73. The van der Waals surface area contributed by atoms with Crippen molar-refractivity contribution >= 4 is 30.2 Å². The molecule has 0 spiro atoms. The van der Waals surface area contributed by atoms with E-state index in [4.69, 9.17) is 0 Å². The SMILES string of the molecule is c1ccc(-p2c(-c3cccs3)ccc2-c2cccs2)cc1. The summed E-state index contributed by atoms with van der Waals surface area (Å²) in [5.41, 5.74) is 0. The van der Waals surface area contributed by atoms with Crippen LogP contribution in [0.2, 0.25) is 0 Å². The minimum atomic E-state index is -0.425. The van der Waals surface area contributed by atoms with Crippen molar-refractivity contribution in [3.8, 4) is 25.6 Å². The maximum absolute atomic E-state index is 2.32. The van der Waals surface area contributed by atoms with E-state index in [1.165, 1.54) is 25.6 Å². The van der Waals surface area contributed by atoms with Crippen LogP contribution < -0.4 is 0 Å². The van der Waals surface area contributed by atoms with Gasteiger partial charge in [0.1, 0.15) is 0 Å². The van der Waals surface area contributed by atoms with E-state index in [1.807, 2.05) is 22.7 Å². The van der Waals surface area contributed by atoms with Gasteiger partial charge in [0.15, 0.2) is 0 Å². The van der Waals surface area contributed by atoms with Gasteiger partial charge in [-0.15, -0.1) is 22.7 Å². The van der Waals surface area contributed by atoms with E-state index >= 15 is 0 Å². The van der Waals surface area contributed by atoms with Gasteiger partial charge in [-0.1, -0.05) is 50.0 Å². The first-order valence-corrected chi connectivity index (χ1v) is 9.88. The molecule has 3 heterocycles. The fourth-order valence-electron chi connectivity index (χ4n) is 2.53. The molecule has 1 aromatic carbocycles. The van der Waals surface area contributed by atoms with Crippen LogP contribution in [0.25, 0.3) is 25.6 Å². The third-order valence-corrected chi connectivity index (χ3v) is 8.11. The van der Waals surface area contributed by atoms with Crippen molar-refractivity contribution in [2.45, 2.75) is 0 Å². The topological polar surface area (TPSA) is 0 Å². The van der Waals surface area contributed by atoms with Crippen LogP contribution in [0.3, 0.4) is 0 Å². The van der Waals surface area contributed by atoms with E-state index in [1.54, 1.807) is 0 Å². The Morgan fingerprint density at radius 3 is 1.62 bits per heavy atom. The van der Waals surface area contributed by atoms with Gasteiger partial charge >= 0.3 is 0 Å². The van der Waals surface area contributed by atoms with Crippen LogP contribution in [0.5, 0.6) is 0 Å². The molecular formula is C18H13PS2. The first-order valence-electron chi connectivity index (χ1n) is 6.78. The van der Waals surface area contributed by atoms with Crippen LogP contribution in [-0.4, -0.2) is 0 Å². The van der Waals surface area contributed by atoms with Crippen LogP contribution in [-0.2, 0) is 0 Å². The van der Waals surface area contributed by atoms with Gasteiger partial charge < -0.3 is 0 Å². The highest BCUT2D eigenvalue weighted by Crippen LogP contribution is 2.57. The first-order chi connectivity index (χ1) is 10.4. The zero-order chi connectivity index (χ0) is 14.1. The van der Waals surface area contributed by atoms with Gasteiger partial charge in [-0.25, -0.2) is 0 Å². The molecular weight excluding hydrogens is 311 g/mol. The number of thiophene rings is 2. The van der Waals surface area contributed by atoms with Crippen molar-refractivity contribution in [1.82, 2.24) is 0 Å². The van der Waals surface area contributed by atoms with Crippen molar-refractivity contribution in [3.63, 3.8) is 0 Å². The zero-order valence-corrected chi connectivity index (χ0v) is 13.8.